The second kappa shape index (κ2) is 7.81. The fourth-order valence-electron chi connectivity index (χ4n) is 1.88. The summed E-state index contributed by atoms with van der Waals surface area (Å²) >= 11 is 0. The van der Waals surface area contributed by atoms with Gasteiger partial charge in [0.25, 0.3) is 5.69 Å². The van der Waals surface area contributed by atoms with Crippen LogP contribution in [0.5, 0.6) is 0 Å². The van der Waals surface area contributed by atoms with Gasteiger partial charge in [-0.15, -0.1) is 0 Å². The topological polar surface area (TPSA) is 64.4 Å². The van der Waals surface area contributed by atoms with Gasteiger partial charge in [0.15, 0.2) is 0 Å². The van der Waals surface area contributed by atoms with Crippen LogP contribution in [0.1, 0.15) is 18.9 Å². The zero-order chi connectivity index (χ0) is 14.3. The Balaban J connectivity index is 2.85. The summed E-state index contributed by atoms with van der Waals surface area (Å²) in [5.74, 6) is -0.597. The number of methoxy groups -OCH3 is 1. The van der Waals surface area contributed by atoms with E-state index < -0.39 is 10.7 Å². The average molecular weight is 270 g/mol. The number of ether oxygens (including phenoxy) is 1. The fourth-order valence-corrected chi connectivity index (χ4v) is 1.88. The lowest BCUT2D eigenvalue weighted by Crippen LogP contribution is -2.35. The zero-order valence-corrected chi connectivity index (χ0v) is 11.2. The van der Waals surface area contributed by atoms with Crippen molar-refractivity contribution in [2.24, 2.45) is 0 Å². The van der Waals surface area contributed by atoms with Crippen molar-refractivity contribution in [2.75, 3.05) is 20.3 Å². The van der Waals surface area contributed by atoms with Gasteiger partial charge in [-0.3, -0.25) is 10.1 Å². The monoisotopic (exact) mass is 270 g/mol. The number of nitrogens with zero attached hydrogens (tertiary/aromatic N) is 1. The molecular formula is C13H19FN2O3. The standard InChI is InChI=1S/C13H19FN2O3/c1-3-6-15-12(9-19-2)7-10-4-5-11(14)8-13(10)16(17)18/h4-5,8,12,15H,3,6-7,9H2,1-2H3. The number of hydrogen-bond donors (Lipinski definition) is 1. The molecule has 0 bridgehead atoms. The minimum absolute atomic E-state index is 0.0193. The third-order valence-electron chi connectivity index (χ3n) is 2.76. The molecule has 1 N–H and O–H groups in total. The van der Waals surface area contributed by atoms with E-state index in [2.05, 4.69) is 5.32 Å². The van der Waals surface area contributed by atoms with Gasteiger partial charge in [0, 0.05) is 18.7 Å². The van der Waals surface area contributed by atoms with Crippen molar-refractivity contribution in [1.82, 2.24) is 5.32 Å². The molecular weight excluding hydrogens is 251 g/mol. The van der Waals surface area contributed by atoms with E-state index in [0.29, 0.717) is 18.6 Å². The first-order valence-electron chi connectivity index (χ1n) is 6.23. The van der Waals surface area contributed by atoms with Crippen LogP contribution in [0.4, 0.5) is 10.1 Å². The van der Waals surface area contributed by atoms with Crippen molar-refractivity contribution in [3.05, 3.63) is 39.7 Å². The highest BCUT2D eigenvalue weighted by atomic mass is 19.1. The summed E-state index contributed by atoms with van der Waals surface area (Å²) in [6, 6.07) is 3.64. The molecule has 0 radical (unpaired) electrons. The Hall–Kier alpha value is -1.53. The SMILES string of the molecule is CCCNC(COC)Cc1ccc(F)cc1[N+](=O)[O-]. The molecule has 0 saturated heterocycles. The predicted molar refractivity (Wildman–Crippen MR) is 70.7 cm³/mol. The van der Waals surface area contributed by atoms with E-state index in [1.165, 1.54) is 12.1 Å². The maximum Gasteiger partial charge on any atom is 0.275 e. The largest absolute Gasteiger partial charge is 0.383 e. The molecule has 0 amide bonds. The van der Waals surface area contributed by atoms with Gasteiger partial charge in [0.05, 0.1) is 17.6 Å². The molecule has 0 fully saturated rings. The van der Waals surface area contributed by atoms with E-state index in [-0.39, 0.29) is 11.7 Å². The van der Waals surface area contributed by atoms with Crippen molar-refractivity contribution in [3.63, 3.8) is 0 Å². The maximum absolute atomic E-state index is 13.1. The van der Waals surface area contributed by atoms with Crippen molar-refractivity contribution in [1.29, 1.82) is 0 Å². The summed E-state index contributed by atoms with van der Waals surface area (Å²) in [7, 11) is 1.58. The van der Waals surface area contributed by atoms with Crippen molar-refractivity contribution in [3.8, 4) is 0 Å². The number of halogens is 1. The Kier molecular flexibility index (Phi) is 6.38. The van der Waals surface area contributed by atoms with Gasteiger partial charge >= 0.3 is 0 Å². The first-order valence-corrected chi connectivity index (χ1v) is 6.23. The fraction of sp³-hybridized carbons (Fsp3) is 0.538. The van der Waals surface area contributed by atoms with Crippen LogP contribution in [0, 0.1) is 15.9 Å². The highest BCUT2D eigenvalue weighted by Crippen LogP contribution is 2.21. The van der Waals surface area contributed by atoms with Crippen LogP contribution in [0.15, 0.2) is 18.2 Å². The van der Waals surface area contributed by atoms with Gasteiger partial charge in [0.2, 0.25) is 0 Å². The maximum atomic E-state index is 13.1. The Labute approximate surface area is 111 Å². The molecule has 5 nitrogen and oxygen atoms in total. The van der Waals surface area contributed by atoms with Crippen LogP contribution in [0.2, 0.25) is 0 Å². The Bertz CT molecular complexity index is 426. The smallest absolute Gasteiger partial charge is 0.275 e. The van der Waals surface area contributed by atoms with Crippen molar-refractivity contribution < 1.29 is 14.1 Å². The average Bonchev–Trinajstić information content (AvgIpc) is 2.38. The normalized spacial score (nSPS) is 12.4. The summed E-state index contributed by atoms with van der Waals surface area (Å²) in [6.45, 7) is 3.30. The molecule has 0 aliphatic heterocycles. The molecule has 1 atom stereocenters. The number of nitro benzene ring substituents is 1. The number of benzene rings is 1. The second-order valence-corrected chi connectivity index (χ2v) is 4.34. The van der Waals surface area contributed by atoms with E-state index in [9.17, 15) is 14.5 Å². The molecule has 106 valence electrons. The lowest BCUT2D eigenvalue weighted by molar-refractivity contribution is -0.385. The minimum Gasteiger partial charge on any atom is -0.383 e. The number of rotatable bonds is 8. The van der Waals surface area contributed by atoms with Gasteiger partial charge < -0.3 is 10.1 Å². The molecule has 0 aliphatic carbocycles. The quantitative estimate of drug-likeness (QED) is 0.581. The van der Waals surface area contributed by atoms with Crippen LogP contribution < -0.4 is 5.32 Å². The molecule has 19 heavy (non-hydrogen) atoms. The van der Waals surface area contributed by atoms with Crippen LogP contribution in [-0.4, -0.2) is 31.2 Å². The van der Waals surface area contributed by atoms with E-state index in [0.717, 1.165) is 19.0 Å². The van der Waals surface area contributed by atoms with Gasteiger partial charge in [0.1, 0.15) is 5.82 Å². The first-order chi connectivity index (χ1) is 9.08. The van der Waals surface area contributed by atoms with E-state index in [1.807, 2.05) is 6.92 Å². The lowest BCUT2D eigenvalue weighted by Gasteiger charge is -2.17. The molecule has 0 aromatic heterocycles. The molecule has 1 aromatic carbocycles. The summed E-state index contributed by atoms with van der Waals surface area (Å²) in [4.78, 5) is 10.4. The highest BCUT2D eigenvalue weighted by molar-refractivity contribution is 5.41. The number of nitro groups is 1. The molecule has 0 heterocycles. The molecule has 0 aliphatic rings. The summed E-state index contributed by atoms with van der Waals surface area (Å²) in [5, 5.41) is 14.2. The van der Waals surface area contributed by atoms with Gasteiger partial charge in [-0.25, -0.2) is 4.39 Å². The Morgan fingerprint density at radius 1 is 1.53 bits per heavy atom. The summed E-state index contributed by atoms with van der Waals surface area (Å²) in [6.07, 6.45) is 1.40. The molecule has 6 heteroatoms. The third-order valence-corrected chi connectivity index (χ3v) is 2.76. The molecule has 1 unspecified atom stereocenters. The van der Waals surface area contributed by atoms with E-state index in [4.69, 9.17) is 4.74 Å². The summed E-state index contributed by atoms with van der Waals surface area (Å²) < 4.78 is 18.1. The molecule has 1 aromatic rings. The second-order valence-electron chi connectivity index (χ2n) is 4.34. The third kappa shape index (κ3) is 4.92. The number of hydrogen-bond acceptors (Lipinski definition) is 4. The van der Waals surface area contributed by atoms with Gasteiger partial charge in [-0.1, -0.05) is 6.92 Å². The van der Waals surface area contributed by atoms with Crippen LogP contribution in [0.3, 0.4) is 0 Å². The van der Waals surface area contributed by atoms with Crippen LogP contribution >= 0.6 is 0 Å². The predicted octanol–water partition coefficient (Wildman–Crippen LogP) is 2.29. The Morgan fingerprint density at radius 3 is 2.84 bits per heavy atom. The van der Waals surface area contributed by atoms with Crippen LogP contribution in [0.25, 0.3) is 0 Å². The van der Waals surface area contributed by atoms with Crippen molar-refractivity contribution in [2.45, 2.75) is 25.8 Å². The van der Waals surface area contributed by atoms with E-state index >= 15 is 0 Å². The zero-order valence-electron chi connectivity index (χ0n) is 11.2. The number of nitrogens with one attached hydrogen (secondary N) is 1. The van der Waals surface area contributed by atoms with Gasteiger partial charge in [-0.2, -0.15) is 0 Å². The van der Waals surface area contributed by atoms with Crippen molar-refractivity contribution >= 4 is 5.69 Å². The van der Waals surface area contributed by atoms with Gasteiger partial charge in [-0.05, 0) is 31.5 Å². The lowest BCUT2D eigenvalue weighted by atomic mass is 10.0. The molecule has 0 spiro atoms. The molecule has 0 saturated carbocycles. The first kappa shape index (κ1) is 15.5. The highest BCUT2D eigenvalue weighted by Gasteiger charge is 2.18. The summed E-state index contributed by atoms with van der Waals surface area (Å²) in [5.41, 5.74) is 0.330. The minimum atomic E-state index is -0.597. The Morgan fingerprint density at radius 2 is 2.26 bits per heavy atom. The van der Waals surface area contributed by atoms with Crippen LogP contribution in [-0.2, 0) is 11.2 Å². The molecule has 1 rings (SSSR count). The van der Waals surface area contributed by atoms with E-state index in [1.54, 1.807) is 7.11 Å².